The summed E-state index contributed by atoms with van der Waals surface area (Å²) in [7, 11) is 4.52. The van der Waals surface area contributed by atoms with E-state index in [1.807, 2.05) is 49.4 Å². The maximum absolute atomic E-state index is 13.2. The maximum Gasteiger partial charge on any atom is 0.326 e. The number of amides is 5. The Kier molecular flexibility index (Phi) is 8.00. The van der Waals surface area contributed by atoms with Gasteiger partial charge in [0.2, 0.25) is 23.6 Å². The van der Waals surface area contributed by atoms with E-state index in [1.54, 1.807) is 20.2 Å². The van der Waals surface area contributed by atoms with Crippen LogP contribution in [-0.2, 0) is 20.9 Å². The Bertz CT molecular complexity index is 1720. The fourth-order valence-electron chi connectivity index (χ4n) is 6.53. The molecule has 0 radical (unpaired) electrons. The van der Waals surface area contributed by atoms with Crippen molar-refractivity contribution in [3.8, 4) is 28.3 Å². The Balaban J connectivity index is 1.22. The van der Waals surface area contributed by atoms with Gasteiger partial charge in [-0.2, -0.15) is 0 Å². The first-order valence-electron chi connectivity index (χ1n) is 14.8. The predicted molar refractivity (Wildman–Crippen MR) is 170 cm³/mol. The number of imide groups is 1. The average molecular weight is 631 g/mol. The van der Waals surface area contributed by atoms with Gasteiger partial charge in [0.15, 0.2) is 0 Å². The van der Waals surface area contributed by atoms with E-state index in [1.165, 1.54) is 11.9 Å². The predicted octanol–water partition coefficient (Wildman–Crippen LogP) is 3.79. The number of anilines is 1. The number of carbonyl (C=O) groups excluding carboxylic acids is 4. The first-order valence-corrected chi connectivity index (χ1v) is 15.2. The first kappa shape index (κ1) is 30.5. The topological polar surface area (TPSA) is 124 Å². The van der Waals surface area contributed by atoms with Crippen molar-refractivity contribution in [2.45, 2.75) is 19.9 Å². The molecule has 6 rings (SSSR count). The minimum Gasteiger partial charge on any atom is -0.481 e. The molecule has 3 aliphatic rings. The maximum atomic E-state index is 13.2. The molecule has 4 heterocycles. The Morgan fingerprint density at radius 1 is 1.07 bits per heavy atom. The molecule has 1 spiro atoms. The van der Waals surface area contributed by atoms with Gasteiger partial charge in [0.1, 0.15) is 5.92 Å². The lowest BCUT2D eigenvalue weighted by Crippen LogP contribution is -2.59. The van der Waals surface area contributed by atoms with Crippen molar-refractivity contribution in [2.24, 2.45) is 11.3 Å². The molecule has 1 atom stereocenters. The van der Waals surface area contributed by atoms with Crippen LogP contribution < -0.4 is 15.4 Å². The van der Waals surface area contributed by atoms with Crippen LogP contribution in [0.25, 0.3) is 22.4 Å². The molecule has 11 nitrogen and oxygen atoms in total. The molecule has 3 saturated heterocycles. The Labute approximate surface area is 266 Å². The number of hydrogen-bond donors (Lipinski definition) is 2. The lowest BCUT2D eigenvalue weighted by atomic mass is 9.78. The molecule has 3 aromatic rings. The molecule has 0 bridgehead atoms. The third kappa shape index (κ3) is 5.40. The summed E-state index contributed by atoms with van der Waals surface area (Å²) in [6.45, 7) is 4.70. The van der Waals surface area contributed by atoms with Gasteiger partial charge in [0.25, 0.3) is 0 Å². The van der Waals surface area contributed by atoms with Gasteiger partial charge < -0.3 is 20.3 Å². The van der Waals surface area contributed by atoms with Gasteiger partial charge in [-0.3, -0.25) is 24.2 Å². The fraction of sp³-hybridized carbons (Fsp3) is 0.364. The van der Waals surface area contributed by atoms with E-state index in [4.69, 9.17) is 21.3 Å². The summed E-state index contributed by atoms with van der Waals surface area (Å²) in [6.07, 6.45) is 0.873. The number of likely N-dealkylation sites (tertiary alicyclic amines) is 1. The largest absolute Gasteiger partial charge is 0.481 e. The summed E-state index contributed by atoms with van der Waals surface area (Å²) in [5, 5.41) is 6.32. The van der Waals surface area contributed by atoms with Gasteiger partial charge in [-0.1, -0.05) is 48.0 Å². The van der Waals surface area contributed by atoms with Crippen LogP contribution in [0.4, 0.5) is 10.5 Å². The lowest BCUT2D eigenvalue weighted by Gasteiger charge is -2.46. The van der Waals surface area contributed by atoms with E-state index >= 15 is 0 Å². The van der Waals surface area contributed by atoms with E-state index < -0.39 is 23.8 Å². The smallest absolute Gasteiger partial charge is 0.326 e. The van der Waals surface area contributed by atoms with Gasteiger partial charge in [-0.05, 0) is 36.6 Å². The van der Waals surface area contributed by atoms with Crippen LogP contribution in [0.5, 0.6) is 5.88 Å². The molecule has 45 heavy (non-hydrogen) atoms. The van der Waals surface area contributed by atoms with Crippen LogP contribution in [0.15, 0.2) is 48.5 Å². The molecule has 0 saturated carbocycles. The standard InChI is InChI=1S/C33H35ClN6O5/c1-19-21(7-6-10-25(19)36-28(41)24-16-38(2)32(44)39(3)30(24)42)22-8-5-9-23(27(22)34)26-12-11-20(29(37-26)45-4)15-40-17-33(18-40)13-14-35-31(33)43/h5-12,24H,13-18H2,1-4H3,(H,35,43)(H,36,41). The van der Waals surface area contributed by atoms with Gasteiger partial charge in [0, 0.05) is 69.2 Å². The number of pyridine rings is 1. The van der Waals surface area contributed by atoms with Crippen molar-refractivity contribution in [3.63, 3.8) is 0 Å². The third-order valence-electron chi connectivity index (χ3n) is 9.12. The lowest BCUT2D eigenvalue weighted by molar-refractivity contribution is -0.140. The van der Waals surface area contributed by atoms with Crippen LogP contribution in [0.3, 0.4) is 0 Å². The second kappa shape index (κ2) is 11.8. The van der Waals surface area contributed by atoms with E-state index in [9.17, 15) is 19.2 Å². The van der Waals surface area contributed by atoms with E-state index in [-0.39, 0.29) is 17.9 Å². The van der Waals surface area contributed by atoms with Crippen molar-refractivity contribution in [1.29, 1.82) is 0 Å². The number of methoxy groups -OCH3 is 1. The first-order chi connectivity index (χ1) is 21.5. The average Bonchev–Trinajstić information content (AvgIpc) is 3.40. The summed E-state index contributed by atoms with van der Waals surface area (Å²) in [6, 6.07) is 14.7. The van der Waals surface area contributed by atoms with Crippen molar-refractivity contribution < 1.29 is 23.9 Å². The van der Waals surface area contributed by atoms with Crippen molar-refractivity contribution in [3.05, 3.63) is 64.7 Å². The number of ether oxygens (including phenoxy) is 1. The molecule has 1 aromatic heterocycles. The van der Waals surface area contributed by atoms with Gasteiger partial charge in [0.05, 0.1) is 23.2 Å². The zero-order chi connectivity index (χ0) is 32.0. The number of nitrogens with one attached hydrogen (secondary N) is 2. The third-order valence-corrected chi connectivity index (χ3v) is 9.53. The Morgan fingerprint density at radius 2 is 1.78 bits per heavy atom. The quantitative estimate of drug-likeness (QED) is 0.381. The molecule has 2 aromatic carbocycles. The number of nitrogens with zero attached hydrogens (tertiary/aromatic N) is 4. The molecular weight excluding hydrogens is 596 g/mol. The molecule has 5 amide bonds. The van der Waals surface area contributed by atoms with Gasteiger partial charge in [-0.15, -0.1) is 0 Å². The Hall–Kier alpha value is -4.48. The highest BCUT2D eigenvalue weighted by Gasteiger charge is 2.51. The number of urea groups is 1. The highest BCUT2D eigenvalue weighted by Crippen LogP contribution is 2.41. The Morgan fingerprint density at radius 3 is 2.49 bits per heavy atom. The van der Waals surface area contributed by atoms with Crippen molar-refractivity contribution in [2.75, 3.05) is 52.7 Å². The van der Waals surface area contributed by atoms with Crippen molar-refractivity contribution in [1.82, 2.24) is 25.0 Å². The number of halogens is 1. The van der Waals surface area contributed by atoms with Crippen LogP contribution in [0, 0.1) is 18.3 Å². The molecule has 234 valence electrons. The monoisotopic (exact) mass is 630 g/mol. The molecule has 3 fully saturated rings. The number of benzene rings is 2. The van der Waals surface area contributed by atoms with E-state index in [2.05, 4.69) is 15.5 Å². The summed E-state index contributed by atoms with van der Waals surface area (Å²) < 4.78 is 5.67. The number of hydrogen-bond acceptors (Lipinski definition) is 7. The molecule has 0 aliphatic carbocycles. The summed E-state index contributed by atoms with van der Waals surface area (Å²) >= 11 is 7.03. The van der Waals surface area contributed by atoms with Crippen molar-refractivity contribution >= 4 is 41.0 Å². The SMILES string of the molecule is COc1nc(-c2cccc(-c3cccc(NC(=O)C4CN(C)C(=O)N(C)C4=O)c3C)c2Cl)ccc1CN1CC2(CCNC2=O)C1. The summed E-state index contributed by atoms with van der Waals surface area (Å²) in [5.74, 6) is -1.38. The van der Waals surface area contributed by atoms with Crippen LogP contribution in [0.1, 0.15) is 17.5 Å². The minimum absolute atomic E-state index is 0.00562. The van der Waals surface area contributed by atoms with Gasteiger partial charge >= 0.3 is 6.03 Å². The molecular formula is C33H35ClN6O5. The summed E-state index contributed by atoms with van der Waals surface area (Å²) in [5.41, 5.74) is 4.93. The van der Waals surface area contributed by atoms with E-state index in [0.29, 0.717) is 28.8 Å². The zero-order valence-corrected chi connectivity index (χ0v) is 26.4. The molecule has 1 unspecified atom stereocenters. The van der Waals surface area contributed by atoms with Gasteiger partial charge in [-0.25, -0.2) is 9.78 Å². The minimum atomic E-state index is -1.01. The van der Waals surface area contributed by atoms with E-state index in [0.717, 1.165) is 58.8 Å². The zero-order valence-electron chi connectivity index (χ0n) is 25.6. The number of rotatable bonds is 7. The number of aromatic nitrogens is 1. The van der Waals surface area contributed by atoms with Crippen LogP contribution >= 0.6 is 11.6 Å². The van der Waals surface area contributed by atoms with Crippen LogP contribution in [-0.4, -0.2) is 90.8 Å². The molecule has 2 N–H and O–H groups in total. The normalized spacial score (nSPS) is 19.5. The second-order valence-electron chi connectivity index (χ2n) is 12.0. The molecule has 12 heteroatoms. The molecule has 3 aliphatic heterocycles. The summed E-state index contributed by atoms with van der Waals surface area (Å²) in [4.78, 5) is 59.5. The van der Waals surface area contributed by atoms with Crippen LogP contribution in [0.2, 0.25) is 5.02 Å². The number of carbonyl (C=O) groups is 4. The fourth-order valence-corrected chi connectivity index (χ4v) is 6.85. The highest BCUT2D eigenvalue weighted by atomic mass is 35.5. The highest BCUT2D eigenvalue weighted by molar-refractivity contribution is 6.36. The second-order valence-corrected chi connectivity index (χ2v) is 12.4.